The van der Waals surface area contributed by atoms with Gasteiger partial charge in [0.05, 0.1) is 5.56 Å². The van der Waals surface area contributed by atoms with Gasteiger partial charge in [-0.3, -0.25) is 9.78 Å². The van der Waals surface area contributed by atoms with Gasteiger partial charge in [0.1, 0.15) is 11.5 Å². The van der Waals surface area contributed by atoms with Crippen LogP contribution < -0.4 is 4.74 Å². The van der Waals surface area contributed by atoms with Crippen LogP contribution in [0.5, 0.6) is 11.5 Å². The standard InChI is InChI=1S/C13H8F3NO3/c14-13(15,16)20-9-1-2-10(11(18)7-9)12(19)8-3-5-17-6-4-8/h1-7,18H. The van der Waals surface area contributed by atoms with Crippen molar-refractivity contribution in [1.82, 2.24) is 4.98 Å². The van der Waals surface area contributed by atoms with Gasteiger partial charge >= 0.3 is 6.36 Å². The fourth-order valence-electron chi connectivity index (χ4n) is 1.56. The molecule has 0 saturated heterocycles. The van der Waals surface area contributed by atoms with E-state index in [4.69, 9.17) is 0 Å². The molecule has 0 aliphatic heterocycles. The Labute approximate surface area is 111 Å². The third-order valence-corrected chi connectivity index (χ3v) is 2.39. The number of carbonyl (C=O) groups is 1. The molecular weight excluding hydrogens is 275 g/mol. The quantitative estimate of drug-likeness (QED) is 0.880. The Morgan fingerprint density at radius 2 is 1.80 bits per heavy atom. The van der Waals surface area contributed by atoms with E-state index >= 15 is 0 Å². The number of pyridine rings is 1. The summed E-state index contributed by atoms with van der Waals surface area (Å²) in [6.07, 6.45) is -2.07. The summed E-state index contributed by atoms with van der Waals surface area (Å²) >= 11 is 0. The number of hydrogen-bond donors (Lipinski definition) is 1. The average Bonchev–Trinajstić information content (AvgIpc) is 2.37. The Morgan fingerprint density at radius 3 is 2.35 bits per heavy atom. The number of aromatic nitrogens is 1. The van der Waals surface area contributed by atoms with E-state index in [9.17, 15) is 23.1 Å². The van der Waals surface area contributed by atoms with Crippen molar-refractivity contribution >= 4 is 5.78 Å². The van der Waals surface area contributed by atoms with Gasteiger partial charge in [0.25, 0.3) is 0 Å². The lowest BCUT2D eigenvalue weighted by Crippen LogP contribution is -2.17. The number of nitrogens with zero attached hydrogens (tertiary/aromatic N) is 1. The molecule has 7 heteroatoms. The van der Waals surface area contributed by atoms with Crippen LogP contribution >= 0.6 is 0 Å². The van der Waals surface area contributed by atoms with E-state index in [1.165, 1.54) is 24.5 Å². The van der Waals surface area contributed by atoms with E-state index in [-0.39, 0.29) is 11.1 Å². The maximum absolute atomic E-state index is 12.0. The fraction of sp³-hybridized carbons (Fsp3) is 0.0769. The predicted octanol–water partition coefficient (Wildman–Crippen LogP) is 2.92. The van der Waals surface area contributed by atoms with Gasteiger partial charge in [-0.25, -0.2) is 0 Å². The predicted molar refractivity (Wildman–Crippen MR) is 62.5 cm³/mol. The summed E-state index contributed by atoms with van der Waals surface area (Å²) in [4.78, 5) is 15.8. The molecule has 0 spiro atoms. The van der Waals surface area contributed by atoms with E-state index in [0.717, 1.165) is 18.2 Å². The largest absolute Gasteiger partial charge is 0.573 e. The van der Waals surface area contributed by atoms with E-state index < -0.39 is 23.6 Å². The molecule has 20 heavy (non-hydrogen) atoms. The van der Waals surface area contributed by atoms with Gasteiger partial charge in [-0.1, -0.05) is 0 Å². The number of rotatable bonds is 3. The van der Waals surface area contributed by atoms with E-state index in [1.54, 1.807) is 0 Å². The maximum atomic E-state index is 12.0. The molecule has 1 heterocycles. The number of phenols is 1. The summed E-state index contributed by atoms with van der Waals surface area (Å²) in [6.45, 7) is 0. The monoisotopic (exact) mass is 283 g/mol. The van der Waals surface area contributed by atoms with Gasteiger partial charge in [0, 0.05) is 24.0 Å². The molecule has 2 aromatic rings. The Kier molecular flexibility index (Phi) is 3.60. The summed E-state index contributed by atoms with van der Waals surface area (Å²) in [7, 11) is 0. The van der Waals surface area contributed by atoms with Crippen LogP contribution in [0.15, 0.2) is 42.7 Å². The van der Waals surface area contributed by atoms with Gasteiger partial charge in [0.2, 0.25) is 0 Å². The highest BCUT2D eigenvalue weighted by Gasteiger charge is 2.31. The zero-order valence-electron chi connectivity index (χ0n) is 9.89. The van der Waals surface area contributed by atoms with Crippen LogP contribution in [0.2, 0.25) is 0 Å². The molecule has 1 aromatic carbocycles. The smallest absolute Gasteiger partial charge is 0.507 e. The number of ketones is 1. The number of ether oxygens (including phenoxy) is 1. The van der Waals surface area contributed by atoms with Gasteiger partial charge in [0.15, 0.2) is 5.78 Å². The number of hydrogen-bond acceptors (Lipinski definition) is 4. The minimum absolute atomic E-state index is 0.120. The van der Waals surface area contributed by atoms with Crippen molar-refractivity contribution < 1.29 is 27.8 Å². The Bertz CT molecular complexity index is 627. The van der Waals surface area contributed by atoms with Crippen molar-refractivity contribution in [3.8, 4) is 11.5 Å². The van der Waals surface area contributed by atoms with Crippen molar-refractivity contribution in [2.75, 3.05) is 0 Å². The molecule has 4 nitrogen and oxygen atoms in total. The highest BCUT2D eigenvalue weighted by Crippen LogP contribution is 2.29. The molecule has 1 aromatic heterocycles. The van der Waals surface area contributed by atoms with Gasteiger partial charge in [-0.15, -0.1) is 13.2 Å². The molecule has 0 saturated carbocycles. The molecule has 0 amide bonds. The summed E-state index contributed by atoms with van der Waals surface area (Å²) in [5.41, 5.74) is 0.144. The van der Waals surface area contributed by atoms with E-state index in [2.05, 4.69) is 9.72 Å². The average molecular weight is 283 g/mol. The van der Waals surface area contributed by atoms with Crippen LogP contribution in [0.1, 0.15) is 15.9 Å². The topological polar surface area (TPSA) is 59.4 Å². The lowest BCUT2D eigenvalue weighted by molar-refractivity contribution is -0.274. The van der Waals surface area contributed by atoms with Crippen LogP contribution in [0.25, 0.3) is 0 Å². The summed E-state index contributed by atoms with van der Waals surface area (Å²) in [5.74, 6) is -1.71. The molecule has 0 aliphatic rings. The molecule has 2 rings (SSSR count). The molecule has 0 bridgehead atoms. The first-order valence-corrected chi connectivity index (χ1v) is 5.40. The highest BCUT2D eigenvalue weighted by atomic mass is 19.4. The molecule has 0 atom stereocenters. The molecule has 0 fully saturated rings. The van der Waals surface area contributed by atoms with Gasteiger partial charge in [-0.05, 0) is 24.3 Å². The maximum Gasteiger partial charge on any atom is 0.573 e. The Hall–Kier alpha value is -2.57. The molecule has 0 radical (unpaired) electrons. The third-order valence-electron chi connectivity index (χ3n) is 2.39. The third kappa shape index (κ3) is 3.25. The first-order chi connectivity index (χ1) is 9.37. The molecule has 104 valence electrons. The Morgan fingerprint density at radius 1 is 1.15 bits per heavy atom. The van der Waals surface area contributed by atoms with Crippen LogP contribution in [-0.4, -0.2) is 22.2 Å². The number of aromatic hydroxyl groups is 1. The number of carbonyl (C=O) groups excluding carboxylic acids is 1. The van der Waals surface area contributed by atoms with Crippen LogP contribution in [0.4, 0.5) is 13.2 Å². The lowest BCUT2D eigenvalue weighted by atomic mass is 10.0. The van der Waals surface area contributed by atoms with Crippen molar-refractivity contribution in [1.29, 1.82) is 0 Å². The van der Waals surface area contributed by atoms with Gasteiger partial charge in [-0.2, -0.15) is 0 Å². The number of benzene rings is 1. The highest BCUT2D eigenvalue weighted by molar-refractivity contribution is 6.10. The minimum Gasteiger partial charge on any atom is -0.507 e. The van der Waals surface area contributed by atoms with E-state index in [1.807, 2.05) is 0 Å². The second-order valence-corrected chi connectivity index (χ2v) is 3.79. The van der Waals surface area contributed by atoms with Crippen LogP contribution in [0, 0.1) is 0 Å². The molecule has 0 unspecified atom stereocenters. The van der Waals surface area contributed by atoms with Gasteiger partial charge < -0.3 is 9.84 Å². The van der Waals surface area contributed by atoms with E-state index in [0.29, 0.717) is 0 Å². The normalized spacial score (nSPS) is 11.2. The first-order valence-electron chi connectivity index (χ1n) is 5.40. The first kappa shape index (κ1) is 13.9. The minimum atomic E-state index is -4.86. The zero-order valence-corrected chi connectivity index (χ0v) is 9.89. The number of phenolic OH excluding ortho intramolecular Hbond substituents is 1. The number of alkyl halides is 3. The number of halogens is 3. The molecular formula is C13H8F3NO3. The molecule has 1 N–H and O–H groups in total. The second kappa shape index (κ2) is 5.20. The van der Waals surface area contributed by atoms with Crippen molar-refractivity contribution in [3.63, 3.8) is 0 Å². The fourth-order valence-corrected chi connectivity index (χ4v) is 1.56. The van der Waals surface area contributed by atoms with Crippen molar-refractivity contribution in [3.05, 3.63) is 53.9 Å². The summed E-state index contributed by atoms with van der Waals surface area (Å²) in [5, 5.41) is 9.64. The van der Waals surface area contributed by atoms with Crippen LogP contribution in [0.3, 0.4) is 0 Å². The summed E-state index contributed by atoms with van der Waals surface area (Å²) < 4.78 is 39.7. The lowest BCUT2D eigenvalue weighted by Gasteiger charge is -2.10. The summed E-state index contributed by atoms with van der Waals surface area (Å²) in [6, 6.07) is 5.63. The SMILES string of the molecule is O=C(c1ccncc1)c1ccc(OC(F)(F)F)cc1O. The van der Waals surface area contributed by atoms with Crippen molar-refractivity contribution in [2.45, 2.75) is 6.36 Å². The molecule has 0 aliphatic carbocycles. The second-order valence-electron chi connectivity index (χ2n) is 3.79. The van der Waals surface area contributed by atoms with Crippen molar-refractivity contribution in [2.24, 2.45) is 0 Å². The van der Waals surface area contributed by atoms with Crippen LogP contribution in [-0.2, 0) is 0 Å². The Balaban J connectivity index is 2.29. The zero-order chi connectivity index (χ0) is 14.8.